The number of alkyl halides is 3. The second-order valence-electron chi connectivity index (χ2n) is 3.20. The first kappa shape index (κ1) is 12.0. The van der Waals surface area contributed by atoms with Crippen LogP contribution in [-0.2, 0) is 13.0 Å². The highest BCUT2D eigenvalue weighted by Crippen LogP contribution is 2.30. The monoisotopic (exact) mass is 222 g/mol. The fourth-order valence-corrected chi connectivity index (χ4v) is 1.32. The van der Waals surface area contributed by atoms with Crippen LogP contribution < -0.4 is 5.73 Å². The number of hydrogen-bond acceptors (Lipinski definition) is 3. The van der Waals surface area contributed by atoms with Crippen LogP contribution in [0, 0.1) is 0 Å². The standard InChI is InChI=1S/C8H13F3N4/c1-3-7-6(4-12)13-14-15(7)5(2)8(9,10)11/h5H,3-4,12H2,1-2H3. The first-order chi connectivity index (χ1) is 6.91. The summed E-state index contributed by atoms with van der Waals surface area (Å²) in [6, 6.07) is -1.67. The van der Waals surface area contributed by atoms with Gasteiger partial charge in [-0.1, -0.05) is 12.1 Å². The Balaban J connectivity index is 3.09. The molecule has 4 nitrogen and oxygen atoms in total. The summed E-state index contributed by atoms with van der Waals surface area (Å²) in [5.41, 5.74) is 6.22. The number of hydrogen-bond donors (Lipinski definition) is 1. The quantitative estimate of drug-likeness (QED) is 0.841. The molecule has 86 valence electrons. The molecular weight excluding hydrogens is 209 g/mol. The summed E-state index contributed by atoms with van der Waals surface area (Å²) in [4.78, 5) is 0. The predicted octanol–water partition coefficient (Wildman–Crippen LogP) is 1.42. The SMILES string of the molecule is CCc1c(CN)nnn1C(C)C(F)(F)F. The number of rotatable bonds is 3. The number of aromatic nitrogens is 3. The molecule has 0 bridgehead atoms. The molecule has 1 unspecified atom stereocenters. The minimum atomic E-state index is -4.32. The molecule has 0 radical (unpaired) electrons. The van der Waals surface area contributed by atoms with Crippen molar-refractivity contribution in [2.45, 2.75) is 39.0 Å². The van der Waals surface area contributed by atoms with Crippen LogP contribution in [0.15, 0.2) is 0 Å². The van der Waals surface area contributed by atoms with E-state index in [0.717, 1.165) is 11.6 Å². The van der Waals surface area contributed by atoms with E-state index >= 15 is 0 Å². The van der Waals surface area contributed by atoms with Gasteiger partial charge in [0.05, 0.1) is 11.4 Å². The van der Waals surface area contributed by atoms with Crippen molar-refractivity contribution < 1.29 is 13.2 Å². The third kappa shape index (κ3) is 2.28. The highest BCUT2D eigenvalue weighted by Gasteiger charge is 2.39. The third-order valence-electron chi connectivity index (χ3n) is 2.24. The van der Waals surface area contributed by atoms with E-state index in [-0.39, 0.29) is 6.54 Å². The van der Waals surface area contributed by atoms with Gasteiger partial charge in [-0.05, 0) is 13.3 Å². The Morgan fingerprint density at radius 2 is 2.07 bits per heavy atom. The molecule has 2 N–H and O–H groups in total. The molecule has 0 spiro atoms. The molecule has 1 heterocycles. The predicted molar refractivity (Wildman–Crippen MR) is 48.1 cm³/mol. The largest absolute Gasteiger partial charge is 0.410 e. The van der Waals surface area contributed by atoms with Gasteiger partial charge in [-0.2, -0.15) is 13.2 Å². The molecule has 0 amide bonds. The molecule has 0 aliphatic heterocycles. The molecule has 1 aromatic heterocycles. The van der Waals surface area contributed by atoms with Gasteiger partial charge in [0.25, 0.3) is 0 Å². The van der Waals surface area contributed by atoms with Crippen molar-refractivity contribution in [1.82, 2.24) is 15.0 Å². The molecule has 0 aliphatic carbocycles. The van der Waals surface area contributed by atoms with Crippen molar-refractivity contribution in [3.8, 4) is 0 Å². The molecule has 1 aromatic rings. The molecule has 7 heteroatoms. The topological polar surface area (TPSA) is 56.7 Å². The summed E-state index contributed by atoms with van der Waals surface area (Å²) in [5.74, 6) is 0. The van der Waals surface area contributed by atoms with Crippen molar-refractivity contribution in [2.75, 3.05) is 0 Å². The Labute approximate surface area is 85.3 Å². The minimum absolute atomic E-state index is 0.105. The van der Waals surface area contributed by atoms with Crippen LogP contribution in [0.5, 0.6) is 0 Å². The number of nitrogens with zero attached hydrogens (tertiary/aromatic N) is 3. The first-order valence-electron chi connectivity index (χ1n) is 4.61. The Bertz CT molecular complexity index is 331. The van der Waals surface area contributed by atoms with Gasteiger partial charge in [0.15, 0.2) is 0 Å². The molecular formula is C8H13F3N4. The first-order valence-corrected chi connectivity index (χ1v) is 4.61. The van der Waals surface area contributed by atoms with E-state index in [0.29, 0.717) is 17.8 Å². The van der Waals surface area contributed by atoms with Crippen LogP contribution in [0.25, 0.3) is 0 Å². The van der Waals surface area contributed by atoms with E-state index in [2.05, 4.69) is 10.3 Å². The minimum Gasteiger partial charge on any atom is -0.325 e. The van der Waals surface area contributed by atoms with Gasteiger partial charge >= 0.3 is 6.18 Å². The second kappa shape index (κ2) is 4.18. The molecule has 1 rings (SSSR count). The number of halogens is 3. The van der Waals surface area contributed by atoms with Crippen molar-refractivity contribution in [3.63, 3.8) is 0 Å². The van der Waals surface area contributed by atoms with Crippen molar-refractivity contribution >= 4 is 0 Å². The Morgan fingerprint density at radius 1 is 1.47 bits per heavy atom. The van der Waals surface area contributed by atoms with Crippen LogP contribution in [0.4, 0.5) is 13.2 Å². The molecule has 0 saturated carbocycles. The van der Waals surface area contributed by atoms with Crippen LogP contribution in [-0.4, -0.2) is 21.2 Å². The molecule has 15 heavy (non-hydrogen) atoms. The normalized spacial score (nSPS) is 14.3. The fourth-order valence-electron chi connectivity index (χ4n) is 1.32. The molecule has 0 aliphatic rings. The highest BCUT2D eigenvalue weighted by molar-refractivity contribution is 5.10. The van der Waals surface area contributed by atoms with Gasteiger partial charge in [0.2, 0.25) is 0 Å². The van der Waals surface area contributed by atoms with E-state index in [1.165, 1.54) is 0 Å². The van der Waals surface area contributed by atoms with E-state index in [4.69, 9.17) is 5.73 Å². The fraction of sp³-hybridized carbons (Fsp3) is 0.750. The lowest BCUT2D eigenvalue weighted by molar-refractivity contribution is -0.166. The summed E-state index contributed by atoms with van der Waals surface area (Å²) in [5, 5.41) is 7.12. The van der Waals surface area contributed by atoms with Crippen molar-refractivity contribution in [3.05, 3.63) is 11.4 Å². The maximum absolute atomic E-state index is 12.4. The molecule has 0 fully saturated rings. The molecule has 1 atom stereocenters. The summed E-state index contributed by atoms with van der Waals surface area (Å²) >= 11 is 0. The molecule has 0 saturated heterocycles. The summed E-state index contributed by atoms with van der Waals surface area (Å²) in [7, 11) is 0. The Kier molecular flexibility index (Phi) is 3.33. The number of nitrogens with two attached hydrogens (primary N) is 1. The van der Waals surface area contributed by atoms with E-state index in [1.54, 1.807) is 6.92 Å². The van der Waals surface area contributed by atoms with E-state index in [9.17, 15) is 13.2 Å². The molecule has 0 aromatic carbocycles. The van der Waals surface area contributed by atoms with Crippen LogP contribution >= 0.6 is 0 Å². The van der Waals surface area contributed by atoms with Crippen molar-refractivity contribution in [1.29, 1.82) is 0 Å². The van der Waals surface area contributed by atoms with Crippen LogP contribution in [0.3, 0.4) is 0 Å². The third-order valence-corrected chi connectivity index (χ3v) is 2.24. The zero-order chi connectivity index (χ0) is 11.6. The maximum Gasteiger partial charge on any atom is 0.410 e. The van der Waals surface area contributed by atoms with Crippen LogP contribution in [0.1, 0.15) is 31.3 Å². The van der Waals surface area contributed by atoms with Gasteiger partial charge in [-0.15, -0.1) is 5.10 Å². The van der Waals surface area contributed by atoms with Gasteiger partial charge in [-0.3, -0.25) is 0 Å². The van der Waals surface area contributed by atoms with Crippen LogP contribution in [0.2, 0.25) is 0 Å². The van der Waals surface area contributed by atoms with Gasteiger partial charge in [0.1, 0.15) is 6.04 Å². The zero-order valence-electron chi connectivity index (χ0n) is 8.54. The zero-order valence-corrected chi connectivity index (χ0v) is 8.54. The second-order valence-corrected chi connectivity index (χ2v) is 3.20. The lowest BCUT2D eigenvalue weighted by atomic mass is 10.2. The highest BCUT2D eigenvalue weighted by atomic mass is 19.4. The van der Waals surface area contributed by atoms with Gasteiger partial charge in [0, 0.05) is 6.54 Å². The summed E-state index contributed by atoms with van der Waals surface area (Å²) in [6.45, 7) is 2.90. The average molecular weight is 222 g/mol. The smallest absolute Gasteiger partial charge is 0.325 e. The summed E-state index contributed by atoms with van der Waals surface area (Å²) in [6.07, 6.45) is -3.89. The Morgan fingerprint density at radius 3 is 2.47 bits per heavy atom. The van der Waals surface area contributed by atoms with E-state index in [1.807, 2.05) is 0 Å². The van der Waals surface area contributed by atoms with E-state index < -0.39 is 12.2 Å². The van der Waals surface area contributed by atoms with Gasteiger partial charge in [-0.25, -0.2) is 4.68 Å². The lowest BCUT2D eigenvalue weighted by Gasteiger charge is -2.17. The Hall–Kier alpha value is -1.11. The maximum atomic E-state index is 12.4. The van der Waals surface area contributed by atoms with Crippen molar-refractivity contribution in [2.24, 2.45) is 5.73 Å². The average Bonchev–Trinajstić information content (AvgIpc) is 2.57. The van der Waals surface area contributed by atoms with Gasteiger partial charge < -0.3 is 5.73 Å². The summed E-state index contributed by atoms with van der Waals surface area (Å²) < 4.78 is 38.2. The lowest BCUT2D eigenvalue weighted by Crippen LogP contribution is -2.26.